The summed E-state index contributed by atoms with van der Waals surface area (Å²) in [6, 6.07) is 6.49. The van der Waals surface area contributed by atoms with Crippen LogP contribution in [0.1, 0.15) is 18.1 Å². The minimum atomic E-state index is 1.00. The zero-order chi connectivity index (χ0) is 11.3. The fourth-order valence-electron chi connectivity index (χ4n) is 1.68. The monoisotopic (exact) mass is 206 g/mol. The molecular formula is C13H22N2. The second kappa shape index (κ2) is 5.76. The van der Waals surface area contributed by atoms with Gasteiger partial charge in [0, 0.05) is 18.8 Å². The van der Waals surface area contributed by atoms with Crippen molar-refractivity contribution < 1.29 is 0 Å². The van der Waals surface area contributed by atoms with Crippen molar-refractivity contribution in [2.75, 3.05) is 32.5 Å². The van der Waals surface area contributed by atoms with Crippen LogP contribution in [0.5, 0.6) is 0 Å². The lowest BCUT2D eigenvalue weighted by Crippen LogP contribution is -2.21. The lowest BCUT2D eigenvalue weighted by atomic mass is 10.1. The molecule has 0 atom stereocenters. The lowest BCUT2D eigenvalue weighted by molar-refractivity contribution is 0.425. The van der Waals surface area contributed by atoms with E-state index in [9.17, 15) is 0 Å². The third-order valence-corrected chi connectivity index (χ3v) is 2.60. The maximum Gasteiger partial charge on any atom is 0.0402 e. The Bertz CT molecular complexity index is 305. The minimum Gasteiger partial charge on any atom is -0.383 e. The van der Waals surface area contributed by atoms with Gasteiger partial charge in [-0.15, -0.1) is 0 Å². The van der Waals surface area contributed by atoms with E-state index in [2.05, 4.69) is 56.4 Å². The fraction of sp³-hybridized carbons (Fsp3) is 0.538. The van der Waals surface area contributed by atoms with Crippen molar-refractivity contribution in [1.29, 1.82) is 0 Å². The number of benzene rings is 1. The summed E-state index contributed by atoms with van der Waals surface area (Å²) in [5, 5.41) is 3.52. The molecule has 2 heteroatoms. The number of likely N-dealkylation sites (N-methyl/N-ethyl adjacent to an activating group) is 1. The zero-order valence-electron chi connectivity index (χ0n) is 10.3. The van der Waals surface area contributed by atoms with E-state index in [-0.39, 0.29) is 0 Å². The van der Waals surface area contributed by atoms with Gasteiger partial charge in [0.05, 0.1) is 0 Å². The molecule has 0 spiro atoms. The van der Waals surface area contributed by atoms with E-state index in [0.717, 1.165) is 19.5 Å². The van der Waals surface area contributed by atoms with Crippen molar-refractivity contribution in [3.63, 3.8) is 0 Å². The smallest absolute Gasteiger partial charge is 0.0402 e. The number of rotatable bonds is 5. The number of anilines is 1. The highest BCUT2D eigenvalue weighted by Gasteiger charge is 2.02. The maximum absolute atomic E-state index is 3.52. The Labute approximate surface area is 93.3 Å². The van der Waals surface area contributed by atoms with Crippen LogP contribution in [-0.2, 0) is 6.42 Å². The predicted molar refractivity (Wildman–Crippen MR) is 67.6 cm³/mol. The van der Waals surface area contributed by atoms with Gasteiger partial charge in [-0.2, -0.15) is 0 Å². The van der Waals surface area contributed by atoms with E-state index in [1.54, 1.807) is 0 Å². The lowest BCUT2D eigenvalue weighted by Gasteiger charge is -2.16. The first kappa shape index (κ1) is 12.1. The number of nitrogens with one attached hydrogen (secondary N) is 1. The Morgan fingerprint density at radius 3 is 2.60 bits per heavy atom. The second-order valence-corrected chi connectivity index (χ2v) is 4.19. The minimum absolute atomic E-state index is 1.00. The number of nitrogens with zero attached hydrogens (tertiary/aromatic N) is 1. The second-order valence-electron chi connectivity index (χ2n) is 4.19. The molecule has 0 unspecified atom stereocenters. The third kappa shape index (κ3) is 3.56. The van der Waals surface area contributed by atoms with E-state index in [4.69, 9.17) is 0 Å². The summed E-state index contributed by atoms with van der Waals surface area (Å²) in [4.78, 5) is 2.19. The van der Waals surface area contributed by atoms with Gasteiger partial charge >= 0.3 is 0 Å². The topological polar surface area (TPSA) is 15.3 Å². The van der Waals surface area contributed by atoms with Crippen LogP contribution in [0, 0.1) is 6.92 Å². The zero-order valence-corrected chi connectivity index (χ0v) is 10.3. The van der Waals surface area contributed by atoms with Gasteiger partial charge in [-0.1, -0.05) is 25.1 Å². The van der Waals surface area contributed by atoms with E-state index >= 15 is 0 Å². The molecule has 0 radical (unpaired) electrons. The first-order valence-corrected chi connectivity index (χ1v) is 5.62. The standard InChI is InChI=1S/C13H22N2/c1-5-12-8-6-7-11(2)13(12)14-9-10-15(3)4/h6-8,14H,5,9-10H2,1-4H3. The molecule has 1 aromatic rings. The molecule has 2 nitrogen and oxygen atoms in total. The molecule has 0 fully saturated rings. The van der Waals surface area contributed by atoms with E-state index in [1.807, 2.05) is 0 Å². The van der Waals surface area contributed by atoms with Gasteiger partial charge in [0.1, 0.15) is 0 Å². The van der Waals surface area contributed by atoms with Crippen LogP contribution in [0.3, 0.4) is 0 Å². The van der Waals surface area contributed by atoms with Gasteiger partial charge in [-0.05, 0) is 38.6 Å². The molecule has 1 aromatic carbocycles. The van der Waals surface area contributed by atoms with Crippen LogP contribution in [0.25, 0.3) is 0 Å². The largest absolute Gasteiger partial charge is 0.383 e. The summed E-state index contributed by atoms with van der Waals surface area (Å²) in [6.45, 7) is 6.44. The third-order valence-electron chi connectivity index (χ3n) is 2.60. The van der Waals surface area contributed by atoms with Crippen molar-refractivity contribution in [2.24, 2.45) is 0 Å². The predicted octanol–water partition coefficient (Wildman–Crippen LogP) is 2.53. The molecule has 0 aliphatic carbocycles. The van der Waals surface area contributed by atoms with Crippen LogP contribution in [0.15, 0.2) is 18.2 Å². The molecule has 1 N–H and O–H groups in total. The van der Waals surface area contributed by atoms with Crippen LogP contribution in [0.2, 0.25) is 0 Å². The molecule has 0 aromatic heterocycles. The molecule has 0 saturated heterocycles. The van der Waals surface area contributed by atoms with E-state index in [0.29, 0.717) is 0 Å². The Balaban J connectivity index is 2.66. The van der Waals surface area contributed by atoms with Crippen LogP contribution < -0.4 is 5.32 Å². The van der Waals surface area contributed by atoms with Crippen molar-refractivity contribution in [3.8, 4) is 0 Å². The SMILES string of the molecule is CCc1cccc(C)c1NCCN(C)C. The summed E-state index contributed by atoms with van der Waals surface area (Å²) < 4.78 is 0. The Hall–Kier alpha value is -1.02. The first-order valence-electron chi connectivity index (χ1n) is 5.62. The molecular weight excluding hydrogens is 184 g/mol. The van der Waals surface area contributed by atoms with Gasteiger partial charge in [0.15, 0.2) is 0 Å². The summed E-state index contributed by atoms with van der Waals surface area (Å²) in [7, 11) is 4.19. The van der Waals surface area contributed by atoms with Crippen LogP contribution in [-0.4, -0.2) is 32.1 Å². The molecule has 1 rings (SSSR count). The number of hydrogen-bond acceptors (Lipinski definition) is 2. The highest BCUT2D eigenvalue weighted by molar-refractivity contribution is 5.57. The molecule has 84 valence electrons. The summed E-state index contributed by atoms with van der Waals surface area (Å²) in [5.74, 6) is 0. The van der Waals surface area contributed by atoms with E-state index in [1.165, 1.54) is 16.8 Å². The molecule has 0 aliphatic heterocycles. The van der Waals surface area contributed by atoms with Gasteiger partial charge in [0.25, 0.3) is 0 Å². The number of hydrogen-bond donors (Lipinski definition) is 1. The van der Waals surface area contributed by atoms with Crippen LogP contribution >= 0.6 is 0 Å². The molecule has 0 bridgehead atoms. The van der Waals surface area contributed by atoms with Gasteiger partial charge in [-0.3, -0.25) is 0 Å². The number of para-hydroxylation sites is 1. The maximum atomic E-state index is 3.52. The molecule has 0 heterocycles. The van der Waals surface area contributed by atoms with Crippen molar-refractivity contribution in [2.45, 2.75) is 20.3 Å². The van der Waals surface area contributed by atoms with Crippen molar-refractivity contribution >= 4 is 5.69 Å². The van der Waals surface area contributed by atoms with Crippen molar-refractivity contribution in [1.82, 2.24) is 4.90 Å². The van der Waals surface area contributed by atoms with Gasteiger partial charge in [0.2, 0.25) is 0 Å². The Morgan fingerprint density at radius 1 is 1.27 bits per heavy atom. The fourth-order valence-corrected chi connectivity index (χ4v) is 1.68. The number of aryl methyl sites for hydroxylation is 2. The molecule has 0 saturated carbocycles. The van der Waals surface area contributed by atoms with Gasteiger partial charge in [-0.25, -0.2) is 0 Å². The Kier molecular flexibility index (Phi) is 4.63. The summed E-state index contributed by atoms with van der Waals surface area (Å²) >= 11 is 0. The molecule has 0 amide bonds. The summed E-state index contributed by atoms with van der Waals surface area (Å²) in [5.41, 5.74) is 4.07. The molecule has 15 heavy (non-hydrogen) atoms. The van der Waals surface area contributed by atoms with Crippen molar-refractivity contribution in [3.05, 3.63) is 29.3 Å². The highest BCUT2D eigenvalue weighted by atomic mass is 15.1. The quantitative estimate of drug-likeness (QED) is 0.796. The van der Waals surface area contributed by atoms with Crippen LogP contribution in [0.4, 0.5) is 5.69 Å². The Morgan fingerprint density at radius 2 is 2.00 bits per heavy atom. The average Bonchev–Trinajstić information content (AvgIpc) is 2.20. The highest BCUT2D eigenvalue weighted by Crippen LogP contribution is 2.20. The van der Waals surface area contributed by atoms with E-state index < -0.39 is 0 Å². The molecule has 0 aliphatic rings. The summed E-state index contributed by atoms with van der Waals surface area (Å²) in [6.07, 6.45) is 1.09. The normalized spacial score (nSPS) is 10.7. The van der Waals surface area contributed by atoms with Gasteiger partial charge < -0.3 is 10.2 Å². The first-order chi connectivity index (χ1) is 7.15. The average molecular weight is 206 g/mol.